The molecule has 2 aromatic rings. The summed E-state index contributed by atoms with van der Waals surface area (Å²) in [5, 5.41) is 5.93. The molecule has 1 saturated heterocycles. The summed E-state index contributed by atoms with van der Waals surface area (Å²) >= 11 is 6.07. The number of nitrogens with zero attached hydrogens (tertiary/aromatic N) is 2. The topological polar surface area (TPSA) is 126 Å². The van der Waals surface area contributed by atoms with Crippen LogP contribution in [0, 0.1) is 0 Å². The Morgan fingerprint density at radius 2 is 1.89 bits per heavy atom. The number of H-pyrrole nitrogens is 1. The van der Waals surface area contributed by atoms with Gasteiger partial charge in [0.15, 0.2) is 11.0 Å². The molecule has 0 unspecified atom stereocenters. The van der Waals surface area contributed by atoms with E-state index in [1.807, 2.05) is 37.3 Å². The molecule has 3 amide bonds. The number of piperidine rings is 1. The van der Waals surface area contributed by atoms with Crippen molar-refractivity contribution >= 4 is 29.7 Å². The van der Waals surface area contributed by atoms with E-state index in [9.17, 15) is 14.4 Å². The molecule has 11 heteroatoms. The number of carbonyl (C=O) groups is 3. The molecule has 0 bridgehead atoms. The van der Waals surface area contributed by atoms with Crippen LogP contribution in [0.1, 0.15) is 56.0 Å². The number of amides is 3. The molecular formula is C24H32ClN5O5. The minimum atomic E-state index is -0.658. The van der Waals surface area contributed by atoms with Gasteiger partial charge in [-0.3, -0.25) is 4.79 Å². The number of hydrogen-bond donors (Lipinski definition) is 3. The minimum Gasteiger partial charge on any atom is -0.445 e. The van der Waals surface area contributed by atoms with E-state index in [2.05, 4.69) is 20.6 Å². The number of likely N-dealkylation sites (tertiary alicyclic amines) is 1. The Bertz CT molecular complexity index is 1040. The predicted molar refractivity (Wildman–Crippen MR) is 130 cm³/mol. The average Bonchev–Trinajstić information content (AvgIpc) is 3.19. The molecule has 0 saturated carbocycles. The maximum absolute atomic E-state index is 12.8. The summed E-state index contributed by atoms with van der Waals surface area (Å²) in [6, 6.07) is 8.19. The zero-order chi connectivity index (χ0) is 25.6. The fraction of sp³-hybridized carbons (Fsp3) is 0.500. The van der Waals surface area contributed by atoms with Crippen molar-refractivity contribution < 1.29 is 23.9 Å². The van der Waals surface area contributed by atoms with Crippen LogP contribution in [0.15, 0.2) is 30.3 Å². The zero-order valence-corrected chi connectivity index (χ0v) is 21.1. The highest BCUT2D eigenvalue weighted by Crippen LogP contribution is 2.18. The van der Waals surface area contributed by atoms with Gasteiger partial charge in [-0.25, -0.2) is 14.6 Å². The zero-order valence-electron chi connectivity index (χ0n) is 20.4. The Kier molecular flexibility index (Phi) is 8.61. The van der Waals surface area contributed by atoms with Crippen LogP contribution in [0.5, 0.6) is 0 Å². The maximum Gasteiger partial charge on any atom is 0.410 e. The number of imidazole rings is 1. The summed E-state index contributed by atoms with van der Waals surface area (Å²) in [5.74, 6) is -0.362. The highest BCUT2D eigenvalue weighted by Gasteiger charge is 2.36. The van der Waals surface area contributed by atoms with Crippen molar-refractivity contribution in [3.05, 3.63) is 52.6 Å². The molecule has 35 heavy (non-hydrogen) atoms. The number of aromatic nitrogens is 2. The number of aryl methyl sites for hydroxylation is 1. The van der Waals surface area contributed by atoms with E-state index in [0.717, 1.165) is 5.56 Å². The van der Waals surface area contributed by atoms with Gasteiger partial charge >= 0.3 is 12.2 Å². The third-order valence-corrected chi connectivity index (χ3v) is 5.71. The van der Waals surface area contributed by atoms with Crippen LogP contribution in [0.2, 0.25) is 5.15 Å². The first-order valence-electron chi connectivity index (χ1n) is 11.6. The molecule has 2 atom stereocenters. The fourth-order valence-electron chi connectivity index (χ4n) is 3.65. The first-order valence-corrected chi connectivity index (χ1v) is 11.9. The summed E-state index contributed by atoms with van der Waals surface area (Å²) in [6.45, 7) is 7.83. The predicted octanol–water partition coefficient (Wildman–Crippen LogP) is 3.66. The van der Waals surface area contributed by atoms with Crippen molar-refractivity contribution in [1.82, 2.24) is 25.5 Å². The Morgan fingerprint density at radius 3 is 2.51 bits per heavy atom. The maximum atomic E-state index is 12.8. The van der Waals surface area contributed by atoms with E-state index in [1.54, 1.807) is 20.8 Å². The number of ether oxygens (including phenoxy) is 2. The minimum absolute atomic E-state index is 0.0897. The van der Waals surface area contributed by atoms with Gasteiger partial charge in [0.2, 0.25) is 0 Å². The number of halogens is 1. The smallest absolute Gasteiger partial charge is 0.410 e. The van der Waals surface area contributed by atoms with Crippen LogP contribution in [-0.2, 0) is 22.5 Å². The quantitative estimate of drug-likeness (QED) is 0.550. The molecule has 0 aliphatic carbocycles. The van der Waals surface area contributed by atoms with E-state index < -0.39 is 35.8 Å². The summed E-state index contributed by atoms with van der Waals surface area (Å²) < 4.78 is 10.8. The molecule has 2 heterocycles. The summed E-state index contributed by atoms with van der Waals surface area (Å²) in [6.07, 6.45) is -0.148. The van der Waals surface area contributed by atoms with Crippen molar-refractivity contribution in [1.29, 1.82) is 0 Å². The second-order valence-corrected chi connectivity index (χ2v) is 9.67. The molecule has 3 rings (SSSR count). The third-order valence-electron chi connectivity index (χ3n) is 5.39. The van der Waals surface area contributed by atoms with E-state index in [-0.39, 0.29) is 24.1 Å². The van der Waals surface area contributed by atoms with E-state index >= 15 is 0 Å². The van der Waals surface area contributed by atoms with Gasteiger partial charge < -0.3 is 30.0 Å². The third kappa shape index (κ3) is 7.61. The van der Waals surface area contributed by atoms with Crippen LogP contribution in [0.4, 0.5) is 9.59 Å². The fourth-order valence-corrected chi connectivity index (χ4v) is 3.91. The number of hydrogen-bond acceptors (Lipinski definition) is 6. The van der Waals surface area contributed by atoms with Crippen molar-refractivity contribution in [3.63, 3.8) is 0 Å². The molecule has 190 valence electrons. The number of nitrogens with one attached hydrogen (secondary N) is 3. The molecule has 1 aromatic carbocycles. The number of alkyl carbamates (subject to hydrolysis) is 1. The van der Waals surface area contributed by atoms with Crippen molar-refractivity contribution in [2.45, 2.75) is 64.8 Å². The molecule has 1 aliphatic rings. The molecule has 0 radical (unpaired) electrons. The molecule has 1 fully saturated rings. The van der Waals surface area contributed by atoms with Crippen molar-refractivity contribution in [2.24, 2.45) is 0 Å². The Hall–Kier alpha value is -3.27. The van der Waals surface area contributed by atoms with E-state index in [0.29, 0.717) is 25.1 Å². The molecular weight excluding hydrogens is 474 g/mol. The Morgan fingerprint density at radius 1 is 1.17 bits per heavy atom. The lowest BCUT2D eigenvalue weighted by Crippen LogP contribution is -2.61. The van der Waals surface area contributed by atoms with Gasteiger partial charge in [0, 0.05) is 13.1 Å². The van der Waals surface area contributed by atoms with Crippen LogP contribution in [0.3, 0.4) is 0 Å². The Balaban J connectivity index is 1.68. The summed E-state index contributed by atoms with van der Waals surface area (Å²) in [4.78, 5) is 46.5. The van der Waals surface area contributed by atoms with Gasteiger partial charge in [-0.1, -0.05) is 48.9 Å². The largest absolute Gasteiger partial charge is 0.445 e. The van der Waals surface area contributed by atoms with Crippen LogP contribution in [-0.4, -0.2) is 63.7 Å². The molecule has 0 spiro atoms. The first kappa shape index (κ1) is 26.3. The average molecular weight is 506 g/mol. The second kappa shape index (κ2) is 11.4. The van der Waals surface area contributed by atoms with Gasteiger partial charge in [-0.15, -0.1) is 0 Å². The molecule has 1 aliphatic heterocycles. The van der Waals surface area contributed by atoms with Crippen molar-refractivity contribution in [3.8, 4) is 0 Å². The number of benzene rings is 1. The first-order chi connectivity index (χ1) is 16.6. The van der Waals surface area contributed by atoms with Gasteiger partial charge in [0.05, 0.1) is 17.8 Å². The second-order valence-electron chi connectivity index (χ2n) is 9.32. The van der Waals surface area contributed by atoms with Gasteiger partial charge in [-0.05, 0) is 39.2 Å². The highest BCUT2D eigenvalue weighted by atomic mass is 35.5. The summed E-state index contributed by atoms with van der Waals surface area (Å²) in [5.41, 5.74) is 0.846. The monoisotopic (exact) mass is 505 g/mol. The van der Waals surface area contributed by atoms with Gasteiger partial charge in [0.25, 0.3) is 5.91 Å². The lowest BCUT2D eigenvalue weighted by atomic mass is 9.99. The number of rotatable bonds is 6. The van der Waals surface area contributed by atoms with Crippen LogP contribution < -0.4 is 10.6 Å². The standard InChI is InChI=1S/C24H32ClN5O5/c1-5-16-19(25)29-20(26-16)21(31)27-17-11-12-30(23(33)35-24(2,3)4)13-18(17)28-22(32)34-14-15-9-7-6-8-10-15/h6-10,17-18H,5,11-14H2,1-4H3,(H,26,29)(H,27,31)(H,28,32)/t17-,18-/m1/s1. The normalized spacial score (nSPS) is 18.0. The van der Waals surface area contributed by atoms with Gasteiger partial charge in [-0.2, -0.15) is 0 Å². The van der Waals surface area contributed by atoms with E-state index in [1.165, 1.54) is 4.90 Å². The lowest BCUT2D eigenvalue weighted by Gasteiger charge is -2.39. The molecule has 10 nitrogen and oxygen atoms in total. The van der Waals surface area contributed by atoms with Gasteiger partial charge in [0.1, 0.15) is 12.2 Å². The molecule has 1 aromatic heterocycles. The highest BCUT2D eigenvalue weighted by molar-refractivity contribution is 6.30. The number of carbonyl (C=O) groups excluding carboxylic acids is 3. The Labute approximate surface area is 209 Å². The van der Waals surface area contributed by atoms with Crippen LogP contribution in [0.25, 0.3) is 0 Å². The van der Waals surface area contributed by atoms with E-state index in [4.69, 9.17) is 21.1 Å². The summed E-state index contributed by atoms with van der Waals surface area (Å²) in [7, 11) is 0. The lowest BCUT2D eigenvalue weighted by molar-refractivity contribution is 0.0158. The molecule has 3 N–H and O–H groups in total. The van der Waals surface area contributed by atoms with Crippen molar-refractivity contribution in [2.75, 3.05) is 13.1 Å². The van der Waals surface area contributed by atoms with Crippen LogP contribution >= 0.6 is 11.6 Å². The number of aromatic amines is 1. The SMILES string of the molecule is CCc1[nH]c(C(=O)N[C@@H]2CCN(C(=O)OC(C)(C)C)C[C@H]2NC(=O)OCc2ccccc2)nc1Cl.